The molecule has 0 heterocycles. The van der Waals surface area contributed by atoms with Gasteiger partial charge in [0.15, 0.2) is 0 Å². The van der Waals surface area contributed by atoms with E-state index in [1.54, 1.807) is 12.1 Å². The summed E-state index contributed by atoms with van der Waals surface area (Å²) in [6.07, 6.45) is 5.01. The van der Waals surface area contributed by atoms with E-state index in [1.807, 2.05) is 13.0 Å². The molecule has 0 aliphatic heterocycles. The van der Waals surface area contributed by atoms with Crippen LogP contribution in [-0.2, 0) is 0 Å². The highest BCUT2D eigenvalue weighted by Gasteiger charge is 2.06. The third kappa shape index (κ3) is 1.57. The molecule has 0 spiro atoms. The van der Waals surface area contributed by atoms with Crippen molar-refractivity contribution >= 4 is 21.7 Å². The van der Waals surface area contributed by atoms with Gasteiger partial charge in [0.05, 0.1) is 0 Å². The zero-order chi connectivity index (χ0) is 9.14. The van der Waals surface area contributed by atoms with Crippen molar-refractivity contribution in [3.05, 3.63) is 33.8 Å². The Bertz CT molecular complexity index is 361. The fourth-order valence-electron chi connectivity index (χ4n) is 0.931. The summed E-state index contributed by atoms with van der Waals surface area (Å²) in [6.45, 7) is 1.86. The van der Waals surface area contributed by atoms with Crippen molar-refractivity contribution in [2.45, 2.75) is 6.92 Å². The molecule has 0 amide bonds. The fourth-order valence-corrected chi connectivity index (χ4v) is 1.30. The van der Waals surface area contributed by atoms with Crippen molar-refractivity contribution in [3.63, 3.8) is 0 Å². The molecule has 0 aromatic heterocycles. The number of halogens is 1. The van der Waals surface area contributed by atoms with Crippen LogP contribution in [0.2, 0.25) is 0 Å². The first-order valence-corrected chi connectivity index (χ1v) is 4.22. The van der Waals surface area contributed by atoms with Crippen LogP contribution in [0, 0.1) is 19.3 Å². The summed E-state index contributed by atoms with van der Waals surface area (Å²) in [4.78, 5) is 11.1. The van der Waals surface area contributed by atoms with Crippen molar-refractivity contribution in [1.82, 2.24) is 0 Å². The van der Waals surface area contributed by atoms with Gasteiger partial charge in [-0.15, -0.1) is 6.42 Å². The molecule has 1 aromatic carbocycles. The van der Waals surface area contributed by atoms with E-state index < -0.39 is 0 Å². The number of terminal acetylenes is 1. The van der Waals surface area contributed by atoms with E-state index >= 15 is 0 Å². The fraction of sp³-hybridized carbons (Fsp3) is 0.100. The average Bonchev–Trinajstić information content (AvgIpc) is 2.08. The number of rotatable bonds is 1. The topological polar surface area (TPSA) is 17.1 Å². The Morgan fingerprint density at radius 2 is 2.25 bits per heavy atom. The first-order valence-electron chi connectivity index (χ1n) is 3.43. The maximum Gasteiger partial charge on any atom is 0.235 e. The Morgan fingerprint density at radius 1 is 1.58 bits per heavy atom. The van der Waals surface area contributed by atoms with Gasteiger partial charge >= 0.3 is 0 Å². The third-order valence-electron chi connectivity index (χ3n) is 1.64. The molecular formula is C10H7BrO. The van der Waals surface area contributed by atoms with Gasteiger partial charge in [-0.05, 0) is 24.5 Å². The lowest BCUT2D eigenvalue weighted by Gasteiger charge is -2.01. The van der Waals surface area contributed by atoms with E-state index in [0.717, 1.165) is 10.0 Å². The Balaban J connectivity index is 3.28. The number of carbonyl (C=O) groups is 1. The summed E-state index contributed by atoms with van der Waals surface area (Å²) in [7, 11) is 0. The minimum absolute atomic E-state index is 0.270. The minimum atomic E-state index is -0.270. The van der Waals surface area contributed by atoms with E-state index in [9.17, 15) is 4.79 Å². The first-order chi connectivity index (χ1) is 5.66. The number of hydrogen-bond acceptors (Lipinski definition) is 1. The molecule has 1 nitrogen and oxygen atoms in total. The van der Waals surface area contributed by atoms with Crippen LogP contribution >= 0.6 is 15.9 Å². The summed E-state index contributed by atoms with van der Waals surface area (Å²) in [6, 6.07) is 5.40. The lowest BCUT2D eigenvalue weighted by Crippen LogP contribution is -1.97. The molecule has 1 rings (SSSR count). The molecule has 2 heteroatoms. The number of Topliss-reactive ketones (excluding diaryl/α,β-unsaturated/α-hetero) is 1. The molecule has 0 unspecified atom stereocenters. The summed E-state index contributed by atoms with van der Waals surface area (Å²) < 4.78 is 0.906. The largest absolute Gasteiger partial charge is 0.279 e. The molecule has 60 valence electrons. The molecule has 0 saturated carbocycles. The minimum Gasteiger partial charge on any atom is -0.279 e. The lowest BCUT2D eigenvalue weighted by atomic mass is 10.1. The maximum atomic E-state index is 11.1. The molecule has 0 bridgehead atoms. The second-order valence-corrected chi connectivity index (χ2v) is 3.24. The highest BCUT2D eigenvalue weighted by Crippen LogP contribution is 2.19. The van der Waals surface area contributed by atoms with Crippen molar-refractivity contribution in [2.24, 2.45) is 0 Å². The van der Waals surface area contributed by atoms with E-state index in [4.69, 9.17) is 6.42 Å². The predicted molar refractivity (Wildman–Crippen MR) is 52.0 cm³/mol. The molecule has 0 radical (unpaired) electrons. The molecular weight excluding hydrogens is 216 g/mol. The predicted octanol–water partition coefficient (Wildman–Crippen LogP) is 2.57. The lowest BCUT2D eigenvalue weighted by molar-refractivity contribution is 0.105. The van der Waals surface area contributed by atoms with Gasteiger partial charge in [0.25, 0.3) is 0 Å². The SMILES string of the molecule is C#CC(=O)c1cccc(Br)c1C. The summed E-state index contributed by atoms with van der Waals surface area (Å²) >= 11 is 3.32. The standard InChI is InChI=1S/C10H7BrO/c1-3-10(12)8-5-4-6-9(11)7(8)2/h1,4-6H,2H3. The highest BCUT2D eigenvalue weighted by atomic mass is 79.9. The zero-order valence-electron chi connectivity index (χ0n) is 6.60. The molecule has 1 aromatic rings. The van der Waals surface area contributed by atoms with E-state index in [1.165, 1.54) is 0 Å². The number of carbonyl (C=O) groups excluding carboxylic acids is 1. The second kappa shape index (κ2) is 3.55. The van der Waals surface area contributed by atoms with Crippen molar-refractivity contribution in [2.75, 3.05) is 0 Å². The molecule has 0 N–H and O–H groups in total. The molecule has 0 atom stereocenters. The van der Waals surface area contributed by atoms with E-state index in [-0.39, 0.29) is 5.78 Å². The highest BCUT2D eigenvalue weighted by molar-refractivity contribution is 9.10. The van der Waals surface area contributed by atoms with Gasteiger partial charge in [-0.25, -0.2) is 0 Å². The van der Waals surface area contributed by atoms with Crippen LogP contribution < -0.4 is 0 Å². The normalized spacial score (nSPS) is 9.08. The van der Waals surface area contributed by atoms with Gasteiger partial charge in [-0.2, -0.15) is 0 Å². The van der Waals surface area contributed by atoms with Crippen LogP contribution in [0.3, 0.4) is 0 Å². The number of ketones is 1. The van der Waals surface area contributed by atoms with Crippen LogP contribution in [0.25, 0.3) is 0 Å². The molecule has 12 heavy (non-hydrogen) atoms. The molecule has 0 fully saturated rings. The van der Waals surface area contributed by atoms with Gasteiger partial charge in [0.2, 0.25) is 5.78 Å². The quantitative estimate of drug-likeness (QED) is 0.406. The van der Waals surface area contributed by atoms with Crippen molar-refractivity contribution < 1.29 is 4.79 Å². The zero-order valence-corrected chi connectivity index (χ0v) is 8.18. The number of hydrogen-bond donors (Lipinski definition) is 0. The van der Waals surface area contributed by atoms with Gasteiger partial charge in [-0.1, -0.05) is 28.1 Å². The average molecular weight is 223 g/mol. The van der Waals surface area contributed by atoms with E-state index in [2.05, 4.69) is 21.9 Å². The van der Waals surface area contributed by atoms with E-state index in [0.29, 0.717) is 5.56 Å². The van der Waals surface area contributed by atoms with Gasteiger partial charge in [-0.3, -0.25) is 4.79 Å². The summed E-state index contributed by atoms with van der Waals surface area (Å²) in [5.74, 6) is 1.82. The third-order valence-corrected chi connectivity index (χ3v) is 2.50. The second-order valence-electron chi connectivity index (χ2n) is 2.39. The monoisotopic (exact) mass is 222 g/mol. The molecule has 0 saturated heterocycles. The maximum absolute atomic E-state index is 11.1. The molecule has 0 aliphatic rings. The smallest absolute Gasteiger partial charge is 0.235 e. The van der Waals surface area contributed by atoms with Gasteiger partial charge < -0.3 is 0 Å². The molecule has 0 aliphatic carbocycles. The Hall–Kier alpha value is -1.07. The summed E-state index contributed by atoms with van der Waals surface area (Å²) in [5, 5.41) is 0. The Morgan fingerprint density at radius 3 is 2.83 bits per heavy atom. The van der Waals surface area contributed by atoms with Crippen molar-refractivity contribution in [1.29, 1.82) is 0 Å². The van der Waals surface area contributed by atoms with Crippen LogP contribution in [0.5, 0.6) is 0 Å². The summed E-state index contributed by atoms with van der Waals surface area (Å²) in [5.41, 5.74) is 1.48. The Kier molecular flexibility index (Phi) is 2.67. The van der Waals surface area contributed by atoms with Gasteiger partial charge in [0, 0.05) is 10.0 Å². The van der Waals surface area contributed by atoms with Crippen LogP contribution in [-0.4, -0.2) is 5.78 Å². The van der Waals surface area contributed by atoms with Crippen LogP contribution in [0.4, 0.5) is 0 Å². The van der Waals surface area contributed by atoms with Gasteiger partial charge in [0.1, 0.15) is 0 Å². The van der Waals surface area contributed by atoms with Crippen LogP contribution in [0.15, 0.2) is 22.7 Å². The van der Waals surface area contributed by atoms with Crippen molar-refractivity contribution in [3.8, 4) is 12.3 Å². The Labute approximate surface area is 79.9 Å². The van der Waals surface area contributed by atoms with Crippen LogP contribution in [0.1, 0.15) is 15.9 Å². The number of benzene rings is 1. The first kappa shape index (κ1) is 9.02.